The molecule has 0 bridgehead atoms. The third-order valence-corrected chi connectivity index (χ3v) is 5.33. The van der Waals surface area contributed by atoms with Crippen molar-refractivity contribution in [2.24, 2.45) is 0 Å². The number of hydrogen-bond acceptors (Lipinski definition) is 4. The summed E-state index contributed by atoms with van der Waals surface area (Å²) < 4.78 is 0. The van der Waals surface area contributed by atoms with E-state index in [-0.39, 0.29) is 11.8 Å². The van der Waals surface area contributed by atoms with E-state index in [4.69, 9.17) is 0 Å². The third kappa shape index (κ3) is 5.81. The predicted octanol–water partition coefficient (Wildman–Crippen LogP) is 2.47. The van der Waals surface area contributed by atoms with Gasteiger partial charge in [-0.3, -0.25) is 14.5 Å². The summed E-state index contributed by atoms with van der Waals surface area (Å²) in [7, 11) is 1.93. The van der Waals surface area contributed by atoms with E-state index in [1.807, 2.05) is 71.4 Å². The van der Waals surface area contributed by atoms with Crippen molar-refractivity contribution in [3.8, 4) is 0 Å². The summed E-state index contributed by atoms with van der Waals surface area (Å²) in [5.41, 5.74) is 3.06. The lowest BCUT2D eigenvalue weighted by Crippen LogP contribution is -2.52. The number of anilines is 2. The molecular weight excluding hydrogens is 364 g/mol. The summed E-state index contributed by atoms with van der Waals surface area (Å²) in [4.78, 5) is 31.0. The van der Waals surface area contributed by atoms with Crippen molar-refractivity contribution in [3.63, 3.8) is 0 Å². The van der Waals surface area contributed by atoms with Crippen molar-refractivity contribution >= 4 is 23.2 Å². The van der Waals surface area contributed by atoms with Crippen LogP contribution in [0.15, 0.2) is 54.6 Å². The van der Waals surface area contributed by atoms with Crippen LogP contribution in [-0.4, -0.2) is 67.9 Å². The van der Waals surface area contributed by atoms with Gasteiger partial charge < -0.3 is 15.1 Å². The molecule has 2 aromatic rings. The second-order valence-electron chi connectivity index (χ2n) is 7.41. The number of benzene rings is 2. The van der Waals surface area contributed by atoms with E-state index in [0.717, 1.165) is 23.4 Å². The number of hydrogen-bond donors (Lipinski definition) is 1. The summed E-state index contributed by atoms with van der Waals surface area (Å²) in [5.74, 6) is 0.117. The highest BCUT2D eigenvalue weighted by atomic mass is 16.2. The van der Waals surface area contributed by atoms with Crippen molar-refractivity contribution in [2.75, 3.05) is 56.5 Å². The molecule has 0 aromatic heterocycles. The number of carbonyl (C=O) groups is 2. The van der Waals surface area contributed by atoms with Crippen molar-refractivity contribution in [1.82, 2.24) is 9.80 Å². The Morgan fingerprint density at radius 1 is 0.966 bits per heavy atom. The van der Waals surface area contributed by atoms with Crippen LogP contribution in [-0.2, 0) is 16.0 Å². The first kappa shape index (κ1) is 20.9. The molecule has 154 valence electrons. The number of para-hydroxylation sites is 2. The van der Waals surface area contributed by atoms with Gasteiger partial charge >= 0.3 is 0 Å². The van der Waals surface area contributed by atoms with Crippen LogP contribution in [0.4, 0.5) is 11.4 Å². The molecule has 3 rings (SSSR count). The number of piperazine rings is 1. The Bertz CT molecular complexity index is 817. The fourth-order valence-electron chi connectivity index (χ4n) is 3.58. The monoisotopic (exact) mass is 394 g/mol. The minimum atomic E-state index is -0.00510. The molecule has 0 spiro atoms. The Morgan fingerprint density at radius 2 is 1.62 bits per heavy atom. The molecule has 1 aliphatic rings. The standard InChI is InChI=1S/C23H30N4O2/c1-3-19-9-7-8-12-21(19)24-22(28)17-26-13-15-27(16-14-26)23(29)18-25(2)20-10-5-4-6-11-20/h4-12H,3,13-18H2,1-2H3,(H,24,28). The molecule has 1 fully saturated rings. The fraction of sp³-hybridized carbons (Fsp3) is 0.391. The van der Waals surface area contributed by atoms with Gasteiger partial charge in [0.2, 0.25) is 11.8 Å². The summed E-state index contributed by atoms with van der Waals surface area (Å²) in [6.07, 6.45) is 0.884. The Balaban J connectivity index is 1.44. The van der Waals surface area contributed by atoms with E-state index in [9.17, 15) is 9.59 Å². The largest absolute Gasteiger partial charge is 0.365 e. The van der Waals surface area contributed by atoms with Crippen LogP contribution < -0.4 is 10.2 Å². The molecule has 2 aromatic carbocycles. The maximum absolute atomic E-state index is 12.6. The minimum absolute atomic E-state index is 0.00510. The molecule has 29 heavy (non-hydrogen) atoms. The molecule has 6 nitrogen and oxygen atoms in total. The van der Waals surface area contributed by atoms with Crippen LogP contribution in [0.5, 0.6) is 0 Å². The van der Waals surface area contributed by atoms with Crippen molar-refractivity contribution < 1.29 is 9.59 Å². The molecular formula is C23H30N4O2. The van der Waals surface area contributed by atoms with E-state index in [2.05, 4.69) is 17.1 Å². The number of nitrogens with zero attached hydrogens (tertiary/aromatic N) is 3. The van der Waals surface area contributed by atoms with Gasteiger partial charge in [-0.05, 0) is 30.2 Å². The van der Waals surface area contributed by atoms with Crippen LogP contribution in [0.1, 0.15) is 12.5 Å². The summed E-state index contributed by atoms with van der Waals surface area (Å²) in [6.45, 7) is 5.52. The van der Waals surface area contributed by atoms with Gasteiger partial charge in [-0.2, -0.15) is 0 Å². The Hall–Kier alpha value is -2.86. The van der Waals surface area contributed by atoms with Gasteiger partial charge in [0.05, 0.1) is 13.1 Å². The first-order valence-corrected chi connectivity index (χ1v) is 10.2. The Morgan fingerprint density at radius 3 is 2.31 bits per heavy atom. The summed E-state index contributed by atoms with van der Waals surface area (Å²) in [6, 6.07) is 17.8. The van der Waals surface area contributed by atoms with E-state index >= 15 is 0 Å². The normalized spacial score (nSPS) is 14.5. The third-order valence-electron chi connectivity index (χ3n) is 5.33. The molecule has 0 saturated carbocycles. The zero-order chi connectivity index (χ0) is 20.6. The van der Waals surface area contributed by atoms with Crippen LogP contribution in [0, 0.1) is 0 Å². The maximum atomic E-state index is 12.6. The molecule has 1 heterocycles. The Kier molecular flexibility index (Phi) is 7.25. The minimum Gasteiger partial charge on any atom is -0.365 e. The van der Waals surface area contributed by atoms with Crippen LogP contribution in [0.25, 0.3) is 0 Å². The van der Waals surface area contributed by atoms with Gasteiger partial charge in [0.1, 0.15) is 0 Å². The number of nitrogens with one attached hydrogen (secondary N) is 1. The molecule has 6 heteroatoms. The maximum Gasteiger partial charge on any atom is 0.242 e. The first-order valence-electron chi connectivity index (χ1n) is 10.2. The van der Waals surface area contributed by atoms with E-state index in [1.54, 1.807) is 0 Å². The Labute approximate surface area is 173 Å². The average molecular weight is 395 g/mol. The SMILES string of the molecule is CCc1ccccc1NC(=O)CN1CCN(C(=O)CN(C)c2ccccc2)CC1. The van der Waals surface area contributed by atoms with Gasteiger partial charge in [-0.15, -0.1) is 0 Å². The average Bonchev–Trinajstić information content (AvgIpc) is 2.75. The lowest BCUT2D eigenvalue weighted by atomic mass is 10.1. The smallest absolute Gasteiger partial charge is 0.242 e. The highest BCUT2D eigenvalue weighted by molar-refractivity contribution is 5.93. The van der Waals surface area contributed by atoms with Crippen molar-refractivity contribution in [1.29, 1.82) is 0 Å². The zero-order valence-electron chi connectivity index (χ0n) is 17.3. The number of rotatable bonds is 7. The highest BCUT2D eigenvalue weighted by Gasteiger charge is 2.23. The van der Waals surface area contributed by atoms with Gasteiger partial charge in [0.15, 0.2) is 0 Å². The lowest BCUT2D eigenvalue weighted by molar-refractivity contribution is -0.131. The van der Waals surface area contributed by atoms with Gasteiger partial charge in [-0.1, -0.05) is 43.3 Å². The molecule has 1 N–H and O–H groups in total. The second kappa shape index (κ2) is 10.1. The summed E-state index contributed by atoms with van der Waals surface area (Å²) >= 11 is 0. The molecule has 0 radical (unpaired) electrons. The lowest BCUT2D eigenvalue weighted by Gasteiger charge is -2.35. The first-order chi connectivity index (χ1) is 14.1. The fourth-order valence-corrected chi connectivity index (χ4v) is 3.58. The molecule has 1 aliphatic heterocycles. The van der Waals surface area contributed by atoms with Crippen LogP contribution >= 0.6 is 0 Å². The van der Waals surface area contributed by atoms with Crippen LogP contribution in [0.3, 0.4) is 0 Å². The number of amides is 2. The van der Waals surface area contributed by atoms with Crippen molar-refractivity contribution in [3.05, 3.63) is 60.2 Å². The number of aryl methyl sites for hydroxylation is 1. The van der Waals surface area contributed by atoms with E-state index in [0.29, 0.717) is 39.3 Å². The molecule has 0 atom stereocenters. The molecule has 0 aliphatic carbocycles. The van der Waals surface area contributed by atoms with Gasteiger partial charge in [-0.25, -0.2) is 0 Å². The highest BCUT2D eigenvalue weighted by Crippen LogP contribution is 2.16. The summed E-state index contributed by atoms with van der Waals surface area (Å²) in [5, 5.41) is 3.02. The second-order valence-corrected chi connectivity index (χ2v) is 7.41. The predicted molar refractivity (Wildman–Crippen MR) is 117 cm³/mol. The quantitative estimate of drug-likeness (QED) is 0.784. The molecule has 2 amide bonds. The topological polar surface area (TPSA) is 55.9 Å². The zero-order valence-corrected chi connectivity index (χ0v) is 17.3. The van der Waals surface area contributed by atoms with Crippen LogP contribution in [0.2, 0.25) is 0 Å². The molecule has 0 unspecified atom stereocenters. The van der Waals surface area contributed by atoms with Crippen molar-refractivity contribution in [2.45, 2.75) is 13.3 Å². The molecule has 1 saturated heterocycles. The van der Waals surface area contributed by atoms with E-state index < -0.39 is 0 Å². The van der Waals surface area contributed by atoms with Gasteiger partial charge in [0.25, 0.3) is 0 Å². The van der Waals surface area contributed by atoms with E-state index in [1.165, 1.54) is 0 Å². The number of carbonyl (C=O) groups excluding carboxylic acids is 2. The number of likely N-dealkylation sites (N-methyl/N-ethyl adjacent to an activating group) is 1. The van der Waals surface area contributed by atoms with Gasteiger partial charge in [0, 0.05) is 44.6 Å².